The molecule has 0 unspecified atom stereocenters. The quantitative estimate of drug-likeness (QED) is 0.825. The number of ether oxygens (including phenoxy) is 1. The van der Waals surface area contributed by atoms with Crippen molar-refractivity contribution in [2.45, 2.75) is 19.8 Å². The van der Waals surface area contributed by atoms with Gasteiger partial charge in [-0.1, -0.05) is 37.3 Å². The Balaban J connectivity index is 2.27. The monoisotopic (exact) mass is 250 g/mol. The lowest BCUT2D eigenvalue weighted by atomic mass is 10.0. The van der Waals surface area contributed by atoms with E-state index in [-0.39, 0.29) is 0 Å². The number of hydrogen-bond acceptors (Lipinski definition) is 4. The van der Waals surface area contributed by atoms with Gasteiger partial charge in [0.25, 0.3) is 0 Å². The second-order valence-corrected chi connectivity index (χ2v) is 5.32. The first kappa shape index (κ1) is 12.3. The Hall–Kier alpha value is -1.13. The molecule has 0 bridgehead atoms. The molecular formula is C13H18N2OS. The zero-order valence-corrected chi connectivity index (χ0v) is 11.3. The lowest BCUT2D eigenvalue weighted by molar-refractivity contribution is 0.211. The zero-order valence-electron chi connectivity index (χ0n) is 10.5. The number of fused-ring (bicyclic) bond motifs is 1. The number of hydrogen-bond donors (Lipinski definition) is 1. The average Bonchev–Trinajstić information content (AvgIpc) is 2.71. The van der Waals surface area contributed by atoms with Crippen molar-refractivity contribution in [3.8, 4) is 0 Å². The summed E-state index contributed by atoms with van der Waals surface area (Å²) in [5, 5.41) is 4.26. The summed E-state index contributed by atoms with van der Waals surface area (Å²) >= 11 is 1.70. The Labute approximate surface area is 106 Å². The minimum absolute atomic E-state index is 0.507. The van der Waals surface area contributed by atoms with E-state index in [0.29, 0.717) is 12.5 Å². The van der Waals surface area contributed by atoms with Gasteiger partial charge in [0, 0.05) is 13.7 Å². The fourth-order valence-electron chi connectivity index (χ4n) is 1.77. The molecule has 0 saturated heterocycles. The predicted molar refractivity (Wildman–Crippen MR) is 74.1 cm³/mol. The molecule has 3 nitrogen and oxygen atoms in total. The molecule has 0 aliphatic rings. The first-order valence-corrected chi connectivity index (χ1v) is 6.66. The van der Waals surface area contributed by atoms with Crippen LogP contribution in [0.3, 0.4) is 0 Å². The number of rotatable bonds is 5. The van der Waals surface area contributed by atoms with Crippen molar-refractivity contribution in [2.24, 2.45) is 0 Å². The number of benzene rings is 1. The average molecular weight is 250 g/mol. The van der Waals surface area contributed by atoms with Crippen molar-refractivity contribution >= 4 is 26.7 Å². The van der Waals surface area contributed by atoms with Crippen LogP contribution in [0, 0.1) is 0 Å². The van der Waals surface area contributed by atoms with E-state index in [1.807, 2.05) is 0 Å². The van der Waals surface area contributed by atoms with Gasteiger partial charge < -0.3 is 10.1 Å². The van der Waals surface area contributed by atoms with E-state index in [0.717, 1.165) is 17.2 Å². The summed E-state index contributed by atoms with van der Waals surface area (Å²) in [4.78, 5) is 4.66. The maximum absolute atomic E-state index is 5.01. The van der Waals surface area contributed by atoms with Gasteiger partial charge in [-0.2, -0.15) is 0 Å². The number of aromatic nitrogens is 1. The molecule has 1 aromatic heterocycles. The van der Waals surface area contributed by atoms with Crippen molar-refractivity contribution in [1.82, 2.24) is 4.98 Å². The minimum Gasteiger partial charge on any atom is -0.383 e. The van der Waals surface area contributed by atoms with Crippen molar-refractivity contribution in [3.05, 3.63) is 23.8 Å². The normalized spacial score (nSPS) is 11.3. The second kappa shape index (κ2) is 5.47. The molecule has 4 heteroatoms. The number of para-hydroxylation sites is 1. The van der Waals surface area contributed by atoms with Crippen molar-refractivity contribution in [3.63, 3.8) is 0 Å². The molecule has 1 N–H and O–H groups in total. The molecule has 1 aromatic carbocycles. The molecule has 0 saturated carbocycles. The summed E-state index contributed by atoms with van der Waals surface area (Å²) in [5.74, 6) is 0.507. The van der Waals surface area contributed by atoms with Crippen LogP contribution in [-0.2, 0) is 4.74 Å². The first-order chi connectivity index (χ1) is 8.22. The third kappa shape index (κ3) is 2.76. The Morgan fingerprint density at radius 2 is 2.24 bits per heavy atom. The van der Waals surface area contributed by atoms with Crippen LogP contribution >= 0.6 is 11.3 Å². The minimum atomic E-state index is 0.507. The molecule has 0 amide bonds. The molecule has 0 spiro atoms. The molecule has 2 rings (SSSR count). The molecule has 17 heavy (non-hydrogen) atoms. The van der Waals surface area contributed by atoms with Gasteiger partial charge in [0.15, 0.2) is 5.13 Å². The largest absolute Gasteiger partial charge is 0.383 e. The highest BCUT2D eigenvalue weighted by molar-refractivity contribution is 7.22. The number of anilines is 1. The highest BCUT2D eigenvalue weighted by Crippen LogP contribution is 2.31. The summed E-state index contributed by atoms with van der Waals surface area (Å²) in [6.45, 7) is 5.90. The van der Waals surface area contributed by atoms with Crippen LogP contribution in [0.4, 0.5) is 5.13 Å². The van der Waals surface area contributed by atoms with Crippen LogP contribution in [0.1, 0.15) is 25.3 Å². The predicted octanol–water partition coefficient (Wildman–Crippen LogP) is 3.48. The summed E-state index contributed by atoms with van der Waals surface area (Å²) in [7, 11) is 1.71. The van der Waals surface area contributed by atoms with Crippen molar-refractivity contribution < 1.29 is 4.74 Å². The van der Waals surface area contributed by atoms with Crippen LogP contribution in [0.5, 0.6) is 0 Å². The van der Waals surface area contributed by atoms with Gasteiger partial charge >= 0.3 is 0 Å². The third-order valence-corrected chi connectivity index (χ3v) is 3.63. The summed E-state index contributed by atoms with van der Waals surface area (Å²) in [6.07, 6.45) is 0. The Bertz CT molecular complexity index is 493. The molecule has 92 valence electrons. The van der Waals surface area contributed by atoms with E-state index in [9.17, 15) is 0 Å². The maximum Gasteiger partial charge on any atom is 0.183 e. The molecule has 1 heterocycles. The number of nitrogens with one attached hydrogen (secondary N) is 1. The zero-order chi connectivity index (χ0) is 12.3. The van der Waals surface area contributed by atoms with E-state index in [1.165, 1.54) is 10.3 Å². The fourth-order valence-corrected chi connectivity index (χ4v) is 2.70. The summed E-state index contributed by atoms with van der Waals surface area (Å²) in [5.41, 5.74) is 2.45. The number of thiazole rings is 1. The maximum atomic E-state index is 5.01. The molecule has 0 radical (unpaired) electrons. The Kier molecular flexibility index (Phi) is 3.97. The molecule has 2 aromatic rings. The SMILES string of the molecule is COCCNc1nc2c(C(C)C)cccc2s1. The number of methoxy groups -OCH3 is 1. The summed E-state index contributed by atoms with van der Waals surface area (Å²) in [6, 6.07) is 6.39. The van der Waals surface area contributed by atoms with E-state index in [1.54, 1.807) is 18.4 Å². The van der Waals surface area contributed by atoms with Crippen LogP contribution in [-0.4, -0.2) is 25.2 Å². The van der Waals surface area contributed by atoms with Gasteiger partial charge in [-0.25, -0.2) is 4.98 Å². The first-order valence-electron chi connectivity index (χ1n) is 5.84. The topological polar surface area (TPSA) is 34.1 Å². The molecule has 0 fully saturated rings. The summed E-state index contributed by atoms with van der Waals surface area (Å²) < 4.78 is 6.26. The molecule has 0 aliphatic carbocycles. The van der Waals surface area contributed by atoms with Gasteiger partial charge in [-0.3, -0.25) is 0 Å². The standard InChI is InChI=1S/C13H18N2OS/c1-9(2)10-5-4-6-11-12(10)15-13(17-11)14-7-8-16-3/h4-6,9H,7-8H2,1-3H3,(H,14,15). The highest BCUT2D eigenvalue weighted by Gasteiger charge is 2.09. The molecular weight excluding hydrogens is 232 g/mol. The third-order valence-electron chi connectivity index (χ3n) is 2.65. The van der Waals surface area contributed by atoms with Gasteiger partial charge in [0.2, 0.25) is 0 Å². The Morgan fingerprint density at radius 1 is 1.41 bits per heavy atom. The van der Waals surface area contributed by atoms with Gasteiger partial charge in [0.1, 0.15) is 0 Å². The Morgan fingerprint density at radius 3 is 2.94 bits per heavy atom. The van der Waals surface area contributed by atoms with E-state index in [4.69, 9.17) is 4.74 Å². The van der Waals surface area contributed by atoms with E-state index >= 15 is 0 Å². The lowest BCUT2D eigenvalue weighted by Crippen LogP contribution is -2.06. The van der Waals surface area contributed by atoms with Crippen LogP contribution < -0.4 is 5.32 Å². The van der Waals surface area contributed by atoms with Crippen LogP contribution in [0.25, 0.3) is 10.2 Å². The molecule has 0 aliphatic heterocycles. The van der Waals surface area contributed by atoms with Gasteiger partial charge in [-0.15, -0.1) is 0 Å². The number of nitrogens with zero attached hydrogens (tertiary/aromatic N) is 1. The van der Waals surface area contributed by atoms with Gasteiger partial charge in [-0.05, 0) is 17.5 Å². The van der Waals surface area contributed by atoms with Crippen molar-refractivity contribution in [2.75, 3.05) is 25.6 Å². The van der Waals surface area contributed by atoms with Crippen molar-refractivity contribution in [1.29, 1.82) is 0 Å². The van der Waals surface area contributed by atoms with E-state index in [2.05, 4.69) is 42.3 Å². The second-order valence-electron chi connectivity index (χ2n) is 4.29. The highest BCUT2D eigenvalue weighted by atomic mass is 32.1. The fraction of sp³-hybridized carbons (Fsp3) is 0.462. The van der Waals surface area contributed by atoms with Gasteiger partial charge in [0.05, 0.1) is 16.8 Å². The van der Waals surface area contributed by atoms with Crippen LogP contribution in [0.2, 0.25) is 0 Å². The molecule has 0 atom stereocenters. The van der Waals surface area contributed by atoms with Crippen LogP contribution in [0.15, 0.2) is 18.2 Å². The lowest BCUT2D eigenvalue weighted by Gasteiger charge is -2.04. The van der Waals surface area contributed by atoms with E-state index < -0.39 is 0 Å². The smallest absolute Gasteiger partial charge is 0.183 e.